The van der Waals surface area contributed by atoms with E-state index in [2.05, 4.69) is 29.8 Å². The SMILES string of the molecule is CC(C)C1OCC(CBr)CO1. The van der Waals surface area contributed by atoms with Crippen molar-refractivity contribution >= 4 is 15.9 Å². The lowest BCUT2D eigenvalue weighted by molar-refractivity contribution is -0.215. The number of rotatable bonds is 2. The van der Waals surface area contributed by atoms with Crippen LogP contribution in [0, 0.1) is 11.8 Å². The van der Waals surface area contributed by atoms with E-state index in [0.29, 0.717) is 11.8 Å². The van der Waals surface area contributed by atoms with Crippen molar-refractivity contribution in [1.82, 2.24) is 0 Å². The first-order valence-corrected chi connectivity index (χ1v) is 5.15. The summed E-state index contributed by atoms with van der Waals surface area (Å²) in [5.74, 6) is 0.997. The molecule has 0 bridgehead atoms. The Morgan fingerprint density at radius 2 is 1.91 bits per heavy atom. The summed E-state index contributed by atoms with van der Waals surface area (Å²) in [4.78, 5) is 0. The third-order valence-corrected chi connectivity index (χ3v) is 2.67. The molecule has 1 rings (SSSR count). The Hall–Kier alpha value is 0.400. The van der Waals surface area contributed by atoms with Gasteiger partial charge in [-0.15, -0.1) is 0 Å². The summed E-state index contributed by atoms with van der Waals surface area (Å²) in [6, 6.07) is 0. The topological polar surface area (TPSA) is 18.5 Å². The molecule has 0 N–H and O–H groups in total. The third kappa shape index (κ3) is 2.73. The molecule has 0 spiro atoms. The molecule has 0 amide bonds. The first-order chi connectivity index (χ1) is 5.24. The minimum atomic E-state index is 0.0188. The highest BCUT2D eigenvalue weighted by Gasteiger charge is 2.23. The molecule has 0 unspecified atom stereocenters. The Morgan fingerprint density at radius 1 is 1.36 bits per heavy atom. The summed E-state index contributed by atoms with van der Waals surface area (Å²) in [5.41, 5.74) is 0. The Labute approximate surface area is 76.4 Å². The van der Waals surface area contributed by atoms with Crippen molar-refractivity contribution in [2.75, 3.05) is 18.5 Å². The van der Waals surface area contributed by atoms with E-state index in [1.807, 2.05) is 0 Å². The van der Waals surface area contributed by atoms with Gasteiger partial charge in [0.05, 0.1) is 13.2 Å². The predicted octanol–water partition coefficient (Wildman–Crippen LogP) is 2.03. The smallest absolute Gasteiger partial charge is 0.159 e. The van der Waals surface area contributed by atoms with Crippen LogP contribution >= 0.6 is 15.9 Å². The maximum absolute atomic E-state index is 5.49. The van der Waals surface area contributed by atoms with Crippen molar-refractivity contribution < 1.29 is 9.47 Å². The molecule has 0 aromatic carbocycles. The molecular formula is C8H15BrO2. The molecule has 0 radical (unpaired) electrons. The van der Waals surface area contributed by atoms with E-state index >= 15 is 0 Å². The maximum Gasteiger partial charge on any atom is 0.159 e. The van der Waals surface area contributed by atoms with Gasteiger partial charge in [-0.25, -0.2) is 0 Å². The monoisotopic (exact) mass is 222 g/mol. The van der Waals surface area contributed by atoms with Crippen LogP contribution in [0.5, 0.6) is 0 Å². The molecule has 1 aliphatic rings. The largest absolute Gasteiger partial charge is 0.352 e. The van der Waals surface area contributed by atoms with Gasteiger partial charge in [-0.2, -0.15) is 0 Å². The van der Waals surface area contributed by atoms with Gasteiger partial charge in [0, 0.05) is 17.2 Å². The highest BCUT2D eigenvalue weighted by molar-refractivity contribution is 9.09. The second kappa shape index (κ2) is 4.43. The molecule has 66 valence electrons. The van der Waals surface area contributed by atoms with Gasteiger partial charge in [0.25, 0.3) is 0 Å². The number of alkyl halides is 1. The van der Waals surface area contributed by atoms with E-state index in [9.17, 15) is 0 Å². The van der Waals surface area contributed by atoms with E-state index in [1.165, 1.54) is 0 Å². The van der Waals surface area contributed by atoms with Crippen molar-refractivity contribution in [3.05, 3.63) is 0 Å². The molecule has 1 heterocycles. The van der Waals surface area contributed by atoms with Gasteiger partial charge < -0.3 is 9.47 Å². The normalized spacial score (nSPS) is 32.7. The Morgan fingerprint density at radius 3 is 2.27 bits per heavy atom. The van der Waals surface area contributed by atoms with Gasteiger partial charge in [-0.1, -0.05) is 29.8 Å². The predicted molar refractivity (Wildman–Crippen MR) is 47.8 cm³/mol. The Kier molecular flexibility index (Phi) is 3.82. The number of halogens is 1. The van der Waals surface area contributed by atoms with Crippen LogP contribution in [0.3, 0.4) is 0 Å². The molecule has 0 aliphatic carbocycles. The highest BCUT2D eigenvalue weighted by atomic mass is 79.9. The number of ether oxygens (including phenoxy) is 2. The lowest BCUT2D eigenvalue weighted by Crippen LogP contribution is -2.35. The molecular weight excluding hydrogens is 208 g/mol. The average Bonchev–Trinajstić information content (AvgIpc) is 2.05. The van der Waals surface area contributed by atoms with Crippen molar-refractivity contribution in [2.45, 2.75) is 20.1 Å². The van der Waals surface area contributed by atoms with Crippen LogP contribution in [-0.4, -0.2) is 24.8 Å². The zero-order chi connectivity index (χ0) is 8.27. The molecule has 1 saturated heterocycles. The molecule has 3 heteroatoms. The van der Waals surface area contributed by atoms with Crippen LogP contribution in [0.15, 0.2) is 0 Å². The summed E-state index contributed by atoms with van der Waals surface area (Å²) < 4.78 is 11.0. The fourth-order valence-electron chi connectivity index (χ4n) is 1.03. The molecule has 0 aromatic heterocycles. The number of hydrogen-bond acceptors (Lipinski definition) is 2. The van der Waals surface area contributed by atoms with Gasteiger partial charge in [-0.05, 0) is 0 Å². The lowest BCUT2D eigenvalue weighted by Gasteiger charge is -2.30. The van der Waals surface area contributed by atoms with Crippen LogP contribution in [-0.2, 0) is 9.47 Å². The van der Waals surface area contributed by atoms with Gasteiger partial charge in [0.1, 0.15) is 0 Å². The van der Waals surface area contributed by atoms with Gasteiger partial charge in [0.15, 0.2) is 6.29 Å². The molecule has 0 aromatic rings. The molecule has 1 fully saturated rings. The second-order valence-corrected chi connectivity index (χ2v) is 3.95. The quantitative estimate of drug-likeness (QED) is 0.667. The van der Waals surface area contributed by atoms with E-state index in [0.717, 1.165) is 18.5 Å². The summed E-state index contributed by atoms with van der Waals surface area (Å²) in [6.45, 7) is 5.88. The van der Waals surface area contributed by atoms with E-state index in [4.69, 9.17) is 9.47 Å². The summed E-state index contributed by atoms with van der Waals surface area (Å²) in [6.07, 6.45) is 0.0188. The first-order valence-electron chi connectivity index (χ1n) is 4.03. The van der Waals surface area contributed by atoms with Crippen LogP contribution in [0.2, 0.25) is 0 Å². The van der Waals surface area contributed by atoms with Crippen LogP contribution in [0.4, 0.5) is 0 Å². The summed E-state index contributed by atoms with van der Waals surface area (Å²) in [5, 5.41) is 0.970. The van der Waals surface area contributed by atoms with E-state index in [1.54, 1.807) is 0 Å². The minimum absolute atomic E-state index is 0.0188. The van der Waals surface area contributed by atoms with Gasteiger partial charge in [-0.3, -0.25) is 0 Å². The average molecular weight is 223 g/mol. The highest BCUT2D eigenvalue weighted by Crippen LogP contribution is 2.18. The van der Waals surface area contributed by atoms with Gasteiger partial charge in [0.2, 0.25) is 0 Å². The zero-order valence-corrected chi connectivity index (χ0v) is 8.63. The van der Waals surface area contributed by atoms with Crippen molar-refractivity contribution in [3.8, 4) is 0 Å². The first kappa shape index (κ1) is 9.49. The van der Waals surface area contributed by atoms with Crippen molar-refractivity contribution in [3.63, 3.8) is 0 Å². The molecule has 11 heavy (non-hydrogen) atoms. The Balaban J connectivity index is 2.24. The fourth-order valence-corrected chi connectivity index (χ4v) is 1.41. The van der Waals surface area contributed by atoms with E-state index < -0.39 is 0 Å². The van der Waals surface area contributed by atoms with Gasteiger partial charge >= 0.3 is 0 Å². The lowest BCUT2D eigenvalue weighted by atomic mass is 10.1. The molecule has 1 aliphatic heterocycles. The van der Waals surface area contributed by atoms with Crippen LogP contribution < -0.4 is 0 Å². The van der Waals surface area contributed by atoms with Crippen molar-refractivity contribution in [1.29, 1.82) is 0 Å². The third-order valence-electron chi connectivity index (χ3n) is 1.75. The van der Waals surface area contributed by atoms with Crippen LogP contribution in [0.1, 0.15) is 13.8 Å². The maximum atomic E-state index is 5.49. The standard InChI is InChI=1S/C8H15BrO2/c1-6(2)8-10-4-7(3-9)5-11-8/h6-8H,3-5H2,1-2H3. The Bertz CT molecular complexity index is 109. The second-order valence-electron chi connectivity index (χ2n) is 3.30. The summed E-state index contributed by atoms with van der Waals surface area (Å²) in [7, 11) is 0. The minimum Gasteiger partial charge on any atom is -0.352 e. The fraction of sp³-hybridized carbons (Fsp3) is 1.00. The van der Waals surface area contributed by atoms with Crippen LogP contribution in [0.25, 0.3) is 0 Å². The molecule has 2 nitrogen and oxygen atoms in total. The zero-order valence-electron chi connectivity index (χ0n) is 7.05. The number of hydrogen-bond donors (Lipinski definition) is 0. The summed E-state index contributed by atoms with van der Waals surface area (Å²) >= 11 is 3.41. The van der Waals surface area contributed by atoms with Crippen molar-refractivity contribution in [2.24, 2.45) is 11.8 Å². The molecule has 0 saturated carbocycles. The molecule has 0 atom stereocenters. The van der Waals surface area contributed by atoms with E-state index in [-0.39, 0.29) is 6.29 Å².